The highest BCUT2D eigenvalue weighted by Gasteiger charge is 2.31. The lowest BCUT2D eigenvalue weighted by Gasteiger charge is -2.36. The van der Waals surface area contributed by atoms with Gasteiger partial charge in [0.25, 0.3) is 0 Å². The summed E-state index contributed by atoms with van der Waals surface area (Å²) in [6.07, 6.45) is 11.0. The lowest BCUT2D eigenvalue weighted by molar-refractivity contribution is 0.0561. The highest BCUT2D eigenvalue weighted by Crippen LogP contribution is 2.39. The fraction of sp³-hybridized carbons (Fsp3) is 0.545. The Bertz CT molecular complexity index is 636. The minimum Gasteiger partial charge on any atom is -0.508 e. The van der Waals surface area contributed by atoms with Crippen molar-refractivity contribution in [3.63, 3.8) is 0 Å². The fourth-order valence-corrected chi connectivity index (χ4v) is 3.35. The van der Waals surface area contributed by atoms with Crippen molar-refractivity contribution in [3.05, 3.63) is 46.6 Å². The van der Waals surface area contributed by atoms with Gasteiger partial charge < -0.3 is 9.84 Å². The van der Waals surface area contributed by atoms with Gasteiger partial charge in [0.15, 0.2) is 0 Å². The largest absolute Gasteiger partial charge is 0.508 e. The first-order valence-corrected chi connectivity index (χ1v) is 9.09. The molecule has 1 heterocycles. The highest BCUT2D eigenvalue weighted by atomic mass is 16.5. The van der Waals surface area contributed by atoms with E-state index in [0.29, 0.717) is 5.75 Å². The molecule has 0 fully saturated rings. The van der Waals surface area contributed by atoms with Crippen LogP contribution in [0.1, 0.15) is 70.9 Å². The van der Waals surface area contributed by atoms with Gasteiger partial charge in [0.1, 0.15) is 17.1 Å². The smallest absolute Gasteiger partial charge is 0.126 e. The number of aryl methyl sites for hydroxylation is 2. The number of fused-ring (bicyclic) bond motifs is 1. The van der Waals surface area contributed by atoms with Crippen LogP contribution in [0.25, 0.3) is 0 Å². The first-order valence-electron chi connectivity index (χ1n) is 9.09. The van der Waals surface area contributed by atoms with Crippen molar-refractivity contribution >= 4 is 0 Å². The molecule has 1 unspecified atom stereocenters. The molecule has 0 radical (unpaired) electrons. The van der Waals surface area contributed by atoms with Crippen molar-refractivity contribution in [2.45, 2.75) is 78.7 Å². The summed E-state index contributed by atoms with van der Waals surface area (Å²) in [5.74, 6) is 1.32. The minimum absolute atomic E-state index is 0.106. The number of benzene rings is 1. The van der Waals surface area contributed by atoms with Crippen LogP contribution in [-0.2, 0) is 6.42 Å². The van der Waals surface area contributed by atoms with Gasteiger partial charge in [-0.2, -0.15) is 0 Å². The first kappa shape index (κ1) is 18.6. The molecule has 1 aromatic rings. The molecule has 1 aromatic carbocycles. The molecule has 2 rings (SSSR count). The van der Waals surface area contributed by atoms with E-state index in [9.17, 15) is 5.11 Å². The van der Waals surface area contributed by atoms with Crippen molar-refractivity contribution in [1.82, 2.24) is 0 Å². The van der Waals surface area contributed by atoms with Crippen LogP contribution in [0.15, 0.2) is 35.4 Å². The molecular weight excluding hydrogens is 296 g/mol. The van der Waals surface area contributed by atoms with Gasteiger partial charge in [0.2, 0.25) is 0 Å². The summed E-state index contributed by atoms with van der Waals surface area (Å²) in [6, 6.07) is 3.63. The maximum absolute atomic E-state index is 9.74. The topological polar surface area (TPSA) is 29.5 Å². The molecule has 1 atom stereocenters. The van der Waals surface area contributed by atoms with E-state index in [1.54, 1.807) is 6.07 Å². The number of aromatic hydroxyl groups is 1. The Labute approximate surface area is 147 Å². The lowest BCUT2D eigenvalue weighted by atomic mass is 9.87. The molecule has 0 aromatic heterocycles. The highest BCUT2D eigenvalue weighted by molar-refractivity contribution is 5.47. The molecule has 0 spiro atoms. The Morgan fingerprint density at radius 1 is 1.21 bits per heavy atom. The first-order chi connectivity index (χ1) is 11.3. The summed E-state index contributed by atoms with van der Waals surface area (Å²) in [7, 11) is 0. The van der Waals surface area contributed by atoms with Crippen LogP contribution in [0.4, 0.5) is 0 Å². The number of ether oxygens (including phenoxy) is 1. The van der Waals surface area contributed by atoms with Crippen molar-refractivity contribution in [1.29, 1.82) is 0 Å². The average Bonchev–Trinajstić information content (AvgIpc) is 2.48. The molecule has 1 aliphatic rings. The number of phenolic OH excluding ortho intramolecular Hbond substituents is 1. The van der Waals surface area contributed by atoms with Gasteiger partial charge in [-0.15, -0.1) is 0 Å². The van der Waals surface area contributed by atoms with Crippen molar-refractivity contribution in [2.24, 2.45) is 0 Å². The molecule has 24 heavy (non-hydrogen) atoms. The SMILES string of the molecule is CC(C)=CCCC(C)=CCCC1(C)CCc2cc(O)cc(C)c2O1. The van der Waals surface area contributed by atoms with E-state index in [4.69, 9.17) is 4.74 Å². The van der Waals surface area contributed by atoms with E-state index in [-0.39, 0.29) is 5.60 Å². The molecule has 2 heteroatoms. The third-order valence-electron chi connectivity index (χ3n) is 4.87. The van der Waals surface area contributed by atoms with Gasteiger partial charge in [-0.05, 0) is 96.4 Å². The van der Waals surface area contributed by atoms with Crippen LogP contribution < -0.4 is 4.74 Å². The summed E-state index contributed by atoms with van der Waals surface area (Å²) in [5, 5.41) is 9.74. The van der Waals surface area contributed by atoms with Crippen molar-refractivity contribution < 1.29 is 9.84 Å². The lowest BCUT2D eigenvalue weighted by Crippen LogP contribution is -2.36. The average molecular weight is 328 g/mol. The van der Waals surface area contributed by atoms with Gasteiger partial charge in [-0.1, -0.05) is 23.3 Å². The third-order valence-corrected chi connectivity index (χ3v) is 4.87. The minimum atomic E-state index is -0.106. The Morgan fingerprint density at radius 3 is 2.67 bits per heavy atom. The van der Waals surface area contributed by atoms with Gasteiger partial charge in [0, 0.05) is 0 Å². The normalized spacial score (nSPS) is 20.3. The second-order valence-corrected chi connectivity index (χ2v) is 7.71. The molecule has 132 valence electrons. The van der Waals surface area contributed by atoms with E-state index in [1.165, 1.54) is 11.1 Å². The van der Waals surface area contributed by atoms with Gasteiger partial charge in [-0.3, -0.25) is 0 Å². The maximum atomic E-state index is 9.74. The van der Waals surface area contributed by atoms with Crippen LogP contribution in [0.3, 0.4) is 0 Å². The summed E-state index contributed by atoms with van der Waals surface area (Å²) in [5.41, 5.74) is 4.92. The van der Waals surface area contributed by atoms with Gasteiger partial charge >= 0.3 is 0 Å². The number of hydrogen-bond acceptors (Lipinski definition) is 2. The van der Waals surface area contributed by atoms with Crippen LogP contribution >= 0.6 is 0 Å². The molecule has 0 saturated heterocycles. The van der Waals surface area contributed by atoms with Crippen LogP contribution in [0.5, 0.6) is 11.5 Å². The molecule has 0 bridgehead atoms. The predicted octanol–water partition coefficient (Wildman–Crippen LogP) is 6.26. The maximum Gasteiger partial charge on any atom is 0.126 e. The molecule has 0 aliphatic carbocycles. The Kier molecular flexibility index (Phi) is 6.15. The number of allylic oxidation sites excluding steroid dienone is 4. The molecular formula is C22H32O2. The van der Waals surface area contributed by atoms with Crippen LogP contribution in [-0.4, -0.2) is 10.7 Å². The quantitative estimate of drug-likeness (QED) is 0.625. The molecule has 2 nitrogen and oxygen atoms in total. The zero-order chi connectivity index (χ0) is 17.7. The van der Waals surface area contributed by atoms with E-state index in [1.807, 2.05) is 13.0 Å². The second-order valence-electron chi connectivity index (χ2n) is 7.71. The summed E-state index contributed by atoms with van der Waals surface area (Å²) in [6.45, 7) is 10.8. The van der Waals surface area contributed by atoms with Crippen LogP contribution in [0, 0.1) is 6.92 Å². The predicted molar refractivity (Wildman–Crippen MR) is 102 cm³/mol. The number of rotatable bonds is 6. The van der Waals surface area contributed by atoms with Crippen molar-refractivity contribution in [2.75, 3.05) is 0 Å². The monoisotopic (exact) mass is 328 g/mol. The Hall–Kier alpha value is -1.70. The molecule has 0 amide bonds. The van der Waals surface area contributed by atoms with E-state index in [0.717, 1.165) is 55.4 Å². The fourth-order valence-electron chi connectivity index (χ4n) is 3.35. The van der Waals surface area contributed by atoms with Gasteiger partial charge in [0.05, 0.1) is 0 Å². The van der Waals surface area contributed by atoms with E-state index in [2.05, 4.69) is 39.8 Å². The van der Waals surface area contributed by atoms with E-state index < -0.39 is 0 Å². The van der Waals surface area contributed by atoms with Crippen LogP contribution in [0.2, 0.25) is 0 Å². The Morgan fingerprint density at radius 2 is 1.96 bits per heavy atom. The van der Waals surface area contributed by atoms with Gasteiger partial charge in [-0.25, -0.2) is 0 Å². The summed E-state index contributed by atoms with van der Waals surface area (Å²) >= 11 is 0. The molecule has 1 N–H and O–H groups in total. The summed E-state index contributed by atoms with van der Waals surface area (Å²) in [4.78, 5) is 0. The Balaban J connectivity index is 1.92. The zero-order valence-corrected chi connectivity index (χ0v) is 15.9. The standard InChI is InChI=1S/C22H32O2/c1-16(2)8-6-9-17(3)10-7-12-22(5)13-11-19-15-20(23)14-18(4)21(19)24-22/h8,10,14-15,23H,6-7,9,11-13H2,1-5H3. The molecule has 1 aliphatic heterocycles. The zero-order valence-electron chi connectivity index (χ0n) is 15.9. The van der Waals surface area contributed by atoms with E-state index >= 15 is 0 Å². The summed E-state index contributed by atoms with van der Waals surface area (Å²) < 4.78 is 6.35. The second kappa shape index (κ2) is 7.92. The number of hydrogen-bond donors (Lipinski definition) is 1. The van der Waals surface area contributed by atoms with Crippen molar-refractivity contribution in [3.8, 4) is 11.5 Å². The number of phenols is 1. The molecule has 0 saturated carbocycles. The third kappa shape index (κ3) is 5.15.